The van der Waals surface area contributed by atoms with Gasteiger partial charge in [0.25, 0.3) is 0 Å². The Kier molecular flexibility index (Phi) is 11.3. The van der Waals surface area contributed by atoms with Crippen molar-refractivity contribution in [2.75, 3.05) is 6.61 Å². The Balaban J connectivity index is 2.83. The van der Waals surface area contributed by atoms with E-state index in [0.29, 0.717) is 37.0 Å². The molecule has 0 heterocycles. The van der Waals surface area contributed by atoms with E-state index in [1.165, 1.54) is 0 Å². The van der Waals surface area contributed by atoms with E-state index < -0.39 is 0 Å². The third kappa shape index (κ3) is 10.3. The first kappa shape index (κ1) is 24.0. The molecule has 0 saturated carbocycles. The largest absolute Gasteiger partial charge is 0.493 e. The molecule has 1 aromatic carbocycles. The Morgan fingerprint density at radius 3 is 1.96 bits per heavy atom. The topological polar surface area (TPSA) is 61.8 Å². The Bertz CT molecular complexity index is 607. The molecule has 0 fully saturated rings. The lowest BCUT2D eigenvalue weighted by Crippen LogP contribution is -2.13. The summed E-state index contributed by atoms with van der Waals surface area (Å²) in [7, 11) is 0. The van der Waals surface area contributed by atoms with Gasteiger partial charge in [-0.3, -0.25) is 9.59 Å². The van der Waals surface area contributed by atoms with Crippen LogP contribution in [0, 0.1) is 11.8 Å². The molecule has 1 aromatic rings. The lowest BCUT2D eigenvalue weighted by Gasteiger charge is -2.14. The first-order valence-corrected chi connectivity index (χ1v) is 10.5. The minimum absolute atomic E-state index is 0.236. The molecule has 0 bridgehead atoms. The quantitative estimate of drug-likeness (QED) is 0.236. The molecule has 0 unspecified atom stereocenters. The molecule has 28 heavy (non-hydrogen) atoms. The van der Waals surface area contributed by atoms with Crippen LogP contribution in [0.3, 0.4) is 0 Å². The van der Waals surface area contributed by atoms with Crippen molar-refractivity contribution in [2.24, 2.45) is 11.8 Å². The minimum atomic E-state index is -0.337. The summed E-state index contributed by atoms with van der Waals surface area (Å²) in [5, 5.41) is 0. The van der Waals surface area contributed by atoms with E-state index in [9.17, 15) is 9.59 Å². The summed E-state index contributed by atoms with van der Waals surface area (Å²) in [6.45, 7) is 11.0. The van der Waals surface area contributed by atoms with Gasteiger partial charge in [0.1, 0.15) is 5.75 Å². The number of ether oxygens (including phenoxy) is 3. The highest BCUT2D eigenvalue weighted by Gasteiger charge is 2.16. The van der Waals surface area contributed by atoms with Crippen LogP contribution in [0.5, 0.6) is 17.2 Å². The van der Waals surface area contributed by atoms with Crippen LogP contribution >= 0.6 is 0 Å². The molecule has 1 rings (SSSR count). The Morgan fingerprint density at radius 2 is 1.43 bits per heavy atom. The second kappa shape index (κ2) is 13.2. The number of rotatable bonds is 13. The smallest absolute Gasteiger partial charge is 0.311 e. The fraction of sp³-hybridized carbons (Fsp3) is 0.652. The van der Waals surface area contributed by atoms with Crippen molar-refractivity contribution in [2.45, 2.75) is 79.6 Å². The van der Waals surface area contributed by atoms with Crippen LogP contribution in [0.4, 0.5) is 0 Å². The standard InChI is InChI=1S/C23H36O5/c1-6-7-8-15-26-19-11-12-20(27-22(24)13-9-17(2)3)21(16-19)28-23(25)14-10-18(4)5/h11-12,16-18H,6-10,13-15H2,1-5H3. The highest BCUT2D eigenvalue weighted by Crippen LogP contribution is 2.33. The molecular formula is C23H36O5. The number of carbonyl (C=O) groups excluding carboxylic acids is 2. The molecule has 0 atom stereocenters. The van der Waals surface area contributed by atoms with Gasteiger partial charge >= 0.3 is 11.9 Å². The van der Waals surface area contributed by atoms with E-state index in [0.717, 1.165) is 32.1 Å². The van der Waals surface area contributed by atoms with Gasteiger partial charge in [0.05, 0.1) is 6.61 Å². The van der Waals surface area contributed by atoms with Crippen molar-refractivity contribution in [1.29, 1.82) is 0 Å². The van der Waals surface area contributed by atoms with E-state index in [4.69, 9.17) is 14.2 Å². The first-order chi connectivity index (χ1) is 13.3. The van der Waals surface area contributed by atoms with Crippen molar-refractivity contribution < 1.29 is 23.8 Å². The first-order valence-electron chi connectivity index (χ1n) is 10.5. The maximum atomic E-state index is 12.2. The number of hydrogen-bond donors (Lipinski definition) is 0. The van der Waals surface area contributed by atoms with E-state index in [1.807, 2.05) is 0 Å². The van der Waals surface area contributed by atoms with E-state index in [-0.39, 0.29) is 23.4 Å². The van der Waals surface area contributed by atoms with Crippen molar-refractivity contribution in [3.8, 4) is 17.2 Å². The zero-order chi connectivity index (χ0) is 20.9. The van der Waals surface area contributed by atoms with Crippen LogP contribution < -0.4 is 14.2 Å². The SMILES string of the molecule is CCCCCOc1ccc(OC(=O)CCC(C)C)c(OC(=O)CCC(C)C)c1. The average Bonchev–Trinajstić information content (AvgIpc) is 2.64. The highest BCUT2D eigenvalue weighted by molar-refractivity contribution is 5.76. The molecule has 0 aliphatic rings. The number of esters is 2. The molecule has 0 radical (unpaired) electrons. The molecule has 5 nitrogen and oxygen atoms in total. The Hall–Kier alpha value is -2.04. The Labute approximate surface area is 169 Å². The second-order valence-electron chi connectivity index (χ2n) is 7.98. The molecule has 5 heteroatoms. The summed E-state index contributed by atoms with van der Waals surface area (Å²) in [4.78, 5) is 24.3. The summed E-state index contributed by atoms with van der Waals surface area (Å²) in [5.41, 5.74) is 0. The molecule has 158 valence electrons. The van der Waals surface area contributed by atoms with E-state index in [1.54, 1.807) is 18.2 Å². The minimum Gasteiger partial charge on any atom is -0.493 e. The van der Waals surface area contributed by atoms with Crippen molar-refractivity contribution in [1.82, 2.24) is 0 Å². The van der Waals surface area contributed by atoms with Gasteiger partial charge in [0.2, 0.25) is 0 Å². The van der Waals surface area contributed by atoms with E-state index in [2.05, 4.69) is 34.6 Å². The summed E-state index contributed by atoms with van der Waals surface area (Å²) in [5.74, 6) is 1.26. The third-order valence-electron chi connectivity index (χ3n) is 4.23. The average molecular weight is 393 g/mol. The summed E-state index contributed by atoms with van der Waals surface area (Å²) >= 11 is 0. The fourth-order valence-electron chi connectivity index (χ4n) is 2.44. The van der Waals surface area contributed by atoms with Crippen LogP contribution in [-0.4, -0.2) is 18.5 Å². The molecule has 0 aliphatic heterocycles. The van der Waals surface area contributed by atoms with Gasteiger partial charge in [-0.1, -0.05) is 47.5 Å². The molecule has 0 aromatic heterocycles. The van der Waals surface area contributed by atoms with Crippen molar-refractivity contribution in [3.63, 3.8) is 0 Å². The van der Waals surface area contributed by atoms with Gasteiger partial charge in [-0.05, 0) is 43.2 Å². The van der Waals surface area contributed by atoms with Gasteiger partial charge in [-0.15, -0.1) is 0 Å². The normalized spacial score (nSPS) is 11.0. The number of carbonyl (C=O) groups is 2. The molecular weight excluding hydrogens is 356 g/mol. The molecule has 0 aliphatic carbocycles. The fourth-order valence-corrected chi connectivity index (χ4v) is 2.44. The van der Waals surface area contributed by atoms with Crippen molar-refractivity contribution in [3.05, 3.63) is 18.2 Å². The van der Waals surface area contributed by atoms with Crippen LogP contribution in [0.25, 0.3) is 0 Å². The molecule has 0 N–H and O–H groups in total. The van der Waals surface area contributed by atoms with Crippen LogP contribution in [0.15, 0.2) is 18.2 Å². The molecule has 0 amide bonds. The van der Waals surface area contributed by atoms with Gasteiger partial charge < -0.3 is 14.2 Å². The lowest BCUT2D eigenvalue weighted by molar-refractivity contribution is -0.137. The second-order valence-corrected chi connectivity index (χ2v) is 7.98. The Morgan fingerprint density at radius 1 is 0.857 bits per heavy atom. The zero-order valence-corrected chi connectivity index (χ0v) is 18.1. The number of hydrogen-bond acceptors (Lipinski definition) is 5. The highest BCUT2D eigenvalue weighted by atomic mass is 16.6. The molecule has 0 saturated heterocycles. The van der Waals surface area contributed by atoms with Gasteiger partial charge in [-0.25, -0.2) is 0 Å². The van der Waals surface area contributed by atoms with Crippen LogP contribution in [0.2, 0.25) is 0 Å². The lowest BCUT2D eigenvalue weighted by atomic mass is 10.1. The van der Waals surface area contributed by atoms with Crippen LogP contribution in [0.1, 0.15) is 79.6 Å². The van der Waals surface area contributed by atoms with Gasteiger partial charge in [0.15, 0.2) is 11.5 Å². The van der Waals surface area contributed by atoms with Gasteiger partial charge in [0, 0.05) is 18.9 Å². The summed E-state index contributed by atoms with van der Waals surface area (Å²) in [6.07, 6.45) is 5.33. The predicted molar refractivity (Wildman–Crippen MR) is 111 cm³/mol. The van der Waals surface area contributed by atoms with E-state index >= 15 is 0 Å². The third-order valence-corrected chi connectivity index (χ3v) is 4.23. The van der Waals surface area contributed by atoms with Crippen LogP contribution in [-0.2, 0) is 9.59 Å². The summed E-state index contributed by atoms with van der Waals surface area (Å²) in [6, 6.07) is 5.00. The monoisotopic (exact) mass is 392 g/mol. The number of unbranched alkanes of at least 4 members (excludes halogenated alkanes) is 2. The van der Waals surface area contributed by atoms with Gasteiger partial charge in [-0.2, -0.15) is 0 Å². The number of benzene rings is 1. The van der Waals surface area contributed by atoms with Crippen molar-refractivity contribution >= 4 is 11.9 Å². The molecule has 0 spiro atoms. The predicted octanol–water partition coefficient (Wildman–Crippen LogP) is 5.94. The zero-order valence-electron chi connectivity index (χ0n) is 18.1. The summed E-state index contributed by atoms with van der Waals surface area (Å²) < 4.78 is 16.7. The maximum Gasteiger partial charge on any atom is 0.311 e. The maximum absolute atomic E-state index is 12.2.